The molecule has 12 heavy (non-hydrogen) atoms. The molecule has 0 aliphatic carbocycles. The summed E-state index contributed by atoms with van der Waals surface area (Å²) in [6, 6.07) is 5.36. The van der Waals surface area contributed by atoms with Gasteiger partial charge in [0, 0.05) is 12.4 Å². The van der Waals surface area contributed by atoms with Crippen LogP contribution in [-0.2, 0) is 0 Å². The molecule has 2 aromatic rings. The first-order valence-electron chi connectivity index (χ1n) is 3.36. The SMILES string of the molecule is O=c1cccc[te]1.c1c[nH]cn1. The standard InChI is InChI=1S/C5H4OTe.C3H4N2/c6-5-3-1-2-4-7-5;1-2-5-3-4-1/h1-4H;1-3H,(H,4,5). The van der Waals surface area contributed by atoms with Gasteiger partial charge in [0.1, 0.15) is 0 Å². The third kappa shape index (κ3) is 4.12. The van der Waals surface area contributed by atoms with Gasteiger partial charge in [-0.3, -0.25) is 0 Å². The van der Waals surface area contributed by atoms with E-state index in [2.05, 4.69) is 9.97 Å². The van der Waals surface area contributed by atoms with Gasteiger partial charge >= 0.3 is 51.0 Å². The zero-order chi connectivity index (χ0) is 8.65. The molecule has 0 saturated heterocycles. The summed E-state index contributed by atoms with van der Waals surface area (Å²) in [5.41, 5.74) is 0. The van der Waals surface area contributed by atoms with Crippen LogP contribution in [0.1, 0.15) is 0 Å². The van der Waals surface area contributed by atoms with E-state index in [1.165, 1.54) is 0 Å². The van der Waals surface area contributed by atoms with E-state index in [0.29, 0.717) is 3.44 Å². The smallest absolute Gasteiger partial charge is 0.0919 e. The Morgan fingerprint density at radius 2 is 2.33 bits per heavy atom. The van der Waals surface area contributed by atoms with Crippen molar-refractivity contribution in [2.24, 2.45) is 0 Å². The van der Waals surface area contributed by atoms with Gasteiger partial charge in [0.25, 0.3) is 0 Å². The van der Waals surface area contributed by atoms with E-state index in [4.69, 9.17) is 0 Å². The van der Waals surface area contributed by atoms with E-state index in [0.717, 1.165) is 0 Å². The molecule has 0 spiro atoms. The van der Waals surface area contributed by atoms with Crippen molar-refractivity contribution in [2.75, 3.05) is 0 Å². The van der Waals surface area contributed by atoms with Crippen LogP contribution in [0.4, 0.5) is 0 Å². The summed E-state index contributed by atoms with van der Waals surface area (Å²) in [5.74, 6) is 0. The van der Waals surface area contributed by atoms with Gasteiger partial charge in [-0.1, -0.05) is 0 Å². The van der Waals surface area contributed by atoms with Crippen molar-refractivity contribution >= 4 is 20.4 Å². The molecule has 2 aromatic heterocycles. The molecule has 2 rings (SSSR count). The molecular formula is C8H8N2OTe. The topological polar surface area (TPSA) is 45.8 Å². The van der Waals surface area contributed by atoms with Gasteiger partial charge in [-0.25, -0.2) is 4.98 Å². The number of rotatable bonds is 0. The zero-order valence-electron chi connectivity index (χ0n) is 6.31. The minimum atomic E-state index is -0.406. The Hall–Kier alpha value is -0.850. The first-order chi connectivity index (χ1) is 5.89. The second kappa shape index (κ2) is 5.76. The molecule has 0 aliphatic rings. The van der Waals surface area contributed by atoms with Crippen LogP contribution >= 0.6 is 0 Å². The molecule has 1 N–H and O–H groups in total. The Morgan fingerprint density at radius 1 is 1.42 bits per heavy atom. The molecule has 0 aromatic carbocycles. The zero-order valence-corrected chi connectivity index (χ0v) is 8.64. The Labute approximate surface area is 79.7 Å². The molecule has 62 valence electrons. The third-order valence-electron chi connectivity index (χ3n) is 1.01. The van der Waals surface area contributed by atoms with E-state index in [1.54, 1.807) is 30.9 Å². The number of aromatic nitrogens is 2. The van der Waals surface area contributed by atoms with Crippen molar-refractivity contribution in [3.05, 3.63) is 49.2 Å². The predicted octanol–water partition coefficient (Wildman–Crippen LogP) is 0.513. The average Bonchev–Trinajstić information content (AvgIpc) is 2.62. The molecule has 0 radical (unpaired) electrons. The van der Waals surface area contributed by atoms with Crippen LogP contribution < -0.4 is 3.44 Å². The minimum absolute atomic E-state index is 0.327. The molecule has 0 atom stereocenters. The van der Waals surface area contributed by atoms with Gasteiger partial charge in [-0.2, -0.15) is 0 Å². The maximum absolute atomic E-state index is 10.4. The number of nitrogens with one attached hydrogen (secondary N) is 1. The third-order valence-corrected chi connectivity index (χ3v) is 2.90. The van der Waals surface area contributed by atoms with Crippen molar-refractivity contribution in [3.63, 3.8) is 0 Å². The fraction of sp³-hybridized carbons (Fsp3) is 0. The van der Waals surface area contributed by atoms with Crippen molar-refractivity contribution < 1.29 is 0 Å². The monoisotopic (exact) mass is 278 g/mol. The Morgan fingerprint density at radius 3 is 2.58 bits per heavy atom. The summed E-state index contributed by atoms with van der Waals surface area (Å²) >= 11 is -0.406. The first-order valence-corrected chi connectivity index (χ1v) is 5.87. The minimum Gasteiger partial charge on any atom is -0.351 e. The van der Waals surface area contributed by atoms with Crippen LogP contribution in [-0.4, -0.2) is 30.4 Å². The fourth-order valence-electron chi connectivity index (χ4n) is 0.540. The van der Waals surface area contributed by atoms with Crippen LogP contribution in [0.5, 0.6) is 0 Å². The summed E-state index contributed by atoms with van der Waals surface area (Å²) in [5, 5.41) is 0. The fourth-order valence-corrected chi connectivity index (χ4v) is 1.85. The van der Waals surface area contributed by atoms with Crippen LogP contribution in [0.3, 0.4) is 0 Å². The largest absolute Gasteiger partial charge is 0.351 e. The molecule has 0 aliphatic heterocycles. The van der Waals surface area contributed by atoms with Crippen LogP contribution in [0.2, 0.25) is 0 Å². The van der Waals surface area contributed by atoms with Gasteiger partial charge in [0.05, 0.1) is 6.33 Å². The van der Waals surface area contributed by atoms with E-state index in [9.17, 15) is 4.79 Å². The van der Waals surface area contributed by atoms with Gasteiger partial charge < -0.3 is 4.98 Å². The van der Waals surface area contributed by atoms with Crippen LogP contribution in [0.25, 0.3) is 0 Å². The molecule has 0 saturated carbocycles. The van der Waals surface area contributed by atoms with Crippen LogP contribution in [0, 0.1) is 0 Å². The number of hydrogen-bond acceptors (Lipinski definition) is 2. The maximum atomic E-state index is 10.4. The number of hydrogen-bond donors (Lipinski definition) is 1. The molecule has 0 unspecified atom stereocenters. The number of H-pyrrole nitrogens is 1. The Bertz CT molecular complexity index is 307. The van der Waals surface area contributed by atoms with E-state index >= 15 is 0 Å². The maximum Gasteiger partial charge on any atom is 0.0919 e. The van der Waals surface area contributed by atoms with E-state index in [-0.39, 0.29) is 0 Å². The number of nitrogens with zero attached hydrogens (tertiary/aromatic N) is 1. The molecule has 0 amide bonds. The van der Waals surface area contributed by atoms with Crippen molar-refractivity contribution in [3.8, 4) is 0 Å². The second-order valence-corrected chi connectivity index (χ2v) is 4.48. The second-order valence-electron chi connectivity index (χ2n) is 1.89. The van der Waals surface area contributed by atoms with Gasteiger partial charge in [0.2, 0.25) is 0 Å². The summed E-state index contributed by atoms with van der Waals surface area (Å²) in [7, 11) is 0. The summed E-state index contributed by atoms with van der Waals surface area (Å²) in [6.45, 7) is 0. The molecule has 2 heterocycles. The Kier molecular flexibility index (Phi) is 4.43. The normalized spacial score (nSPS) is 8.33. The molecule has 0 fully saturated rings. The number of aromatic amines is 1. The van der Waals surface area contributed by atoms with Crippen molar-refractivity contribution in [1.29, 1.82) is 0 Å². The van der Waals surface area contributed by atoms with Gasteiger partial charge in [-0.15, -0.1) is 0 Å². The van der Waals surface area contributed by atoms with Crippen molar-refractivity contribution in [1.82, 2.24) is 9.97 Å². The average molecular weight is 276 g/mol. The van der Waals surface area contributed by atoms with Gasteiger partial charge in [-0.05, 0) is 0 Å². The van der Waals surface area contributed by atoms with Crippen molar-refractivity contribution in [2.45, 2.75) is 0 Å². The predicted molar refractivity (Wildman–Crippen MR) is 48.2 cm³/mol. The summed E-state index contributed by atoms with van der Waals surface area (Å²) in [4.78, 5) is 16.8. The molecule has 0 bridgehead atoms. The number of imidazole rings is 1. The molecule has 4 heteroatoms. The first kappa shape index (κ1) is 9.24. The molecular weight excluding hydrogens is 268 g/mol. The summed E-state index contributed by atoms with van der Waals surface area (Å²) in [6.07, 6.45) is 5.08. The summed E-state index contributed by atoms with van der Waals surface area (Å²) < 4.78 is 2.31. The van der Waals surface area contributed by atoms with E-state index < -0.39 is 20.4 Å². The Balaban J connectivity index is 0.000000127. The molecule has 3 nitrogen and oxygen atoms in total. The van der Waals surface area contributed by atoms with Crippen LogP contribution in [0.15, 0.2) is 45.8 Å². The van der Waals surface area contributed by atoms with E-state index in [1.807, 2.05) is 10.1 Å². The van der Waals surface area contributed by atoms with Gasteiger partial charge in [0.15, 0.2) is 0 Å². The quantitative estimate of drug-likeness (QED) is 0.713.